The molecule has 2 aliphatic rings. The Morgan fingerprint density at radius 1 is 1.10 bits per heavy atom. The van der Waals surface area contributed by atoms with Crippen LogP contribution in [0.5, 0.6) is 0 Å². The summed E-state index contributed by atoms with van der Waals surface area (Å²) in [6.07, 6.45) is 9.91. The maximum Gasteiger partial charge on any atom is 0.0254 e. The Morgan fingerprint density at radius 3 is 2.60 bits per heavy atom. The summed E-state index contributed by atoms with van der Waals surface area (Å²) in [4.78, 5) is 2.87. The molecule has 0 aromatic heterocycles. The molecule has 118 valence electrons. The van der Waals surface area contributed by atoms with Gasteiger partial charge in [-0.15, -0.1) is 0 Å². The Bertz CT molecular complexity index is 277. The minimum Gasteiger partial charge on any atom is -0.313 e. The van der Waals surface area contributed by atoms with Gasteiger partial charge in [-0.2, -0.15) is 0 Å². The normalized spacial score (nSPS) is 37.0. The molecule has 0 amide bonds. The molecule has 0 aromatic rings. The van der Waals surface area contributed by atoms with Crippen molar-refractivity contribution in [3.05, 3.63) is 0 Å². The summed E-state index contributed by atoms with van der Waals surface area (Å²) in [6, 6.07) is 2.30. The molecule has 1 saturated carbocycles. The summed E-state index contributed by atoms with van der Waals surface area (Å²) in [5, 5.41) is 3.79. The van der Waals surface area contributed by atoms with E-state index in [1.165, 1.54) is 51.5 Å². The molecule has 2 heteroatoms. The van der Waals surface area contributed by atoms with Gasteiger partial charge in [-0.05, 0) is 64.0 Å². The van der Waals surface area contributed by atoms with Crippen LogP contribution in [-0.4, -0.2) is 36.1 Å². The lowest BCUT2D eigenvalue weighted by Crippen LogP contribution is -2.56. The zero-order chi connectivity index (χ0) is 14.5. The van der Waals surface area contributed by atoms with Crippen molar-refractivity contribution in [3.8, 4) is 0 Å². The van der Waals surface area contributed by atoms with Crippen LogP contribution in [0.3, 0.4) is 0 Å². The van der Waals surface area contributed by atoms with Gasteiger partial charge in [-0.3, -0.25) is 4.90 Å². The predicted octanol–water partition coefficient (Wildman–Crippen LogP) is 4.05. The lowest BCUT2D eigenvalue weighted by atomic mass is 9.76. The SMILES string of the molecule is CCNC1CCC(C(C)C)CC1N1CCCCCC1C. The van der Waals surface area contributed by atoms with Gasteiger partial charge in [0.15, 0.2) is 0 Å². The Kier molecular flexibility index (Phi) is 6.35. The summed E-state index contributed by atoms with van der Waals surface area (Å²) in [7, 11) is 0. The van der Waals surface area contributed by atoms with Gasteiger partial charge in [-0.1, -0.05) is 33.6 Å². The second kappa shape index (κ2) is 7.79. The number of hydrogen-bond donors (Lipinski definition) is 1. The van der Waals surface area contributed by atoms with Gasteiger partial charge >= 0.3 is 0 Å². The van der Waals surface area contributed by atoms with Crippen LogP contribution in [-0.2, 0) is 0 Å². The molecule has 0 bridgehead atoms. The van der Waals surface area contributed by atoms with E-state index in [1.807, 2.05) is 0 Å². The van der Waals surface area contributed by atoms with Gasteiger partial charge in [0.1, 0.15) is 0 Å². The first-order valence-corrected chi connectivity index (χ1v) is 9.12. The fourth-order valence-corrected chi connectivity index (χ4v) is 4.44. The van der Waals surface area contributed by atoms with Crippen molar-refractivity contribution in [1.82, 2.24) is 10.2 Å². The maximum absolute atomic E-state index is 3.79. The lowest BCUT2D eigenvalue weighted by molar-refractivity contribution is 0.0577. The van der Waals surface area contributed by atoms with Crippen molar-refractivity contribution in [2.75, 3.05) is 13.1 Å². The van der Waals surface area contributed by atoms with Gasteiger partial charge in [0.25, 0.3) is 0 Å². The summed E-state index contributed by atoms with van der Waals surface area (Å²) in [5.41, 5.74) is 0. The van der Waals surface area contributed by atoms with E-state index in [9.17, 15) is 0 Å². The first-order chi connectivity index (χ1) is 9.63. The second-order valence-corrected chi connectivity index (χ2v) is 7.48. The van der Waals surface area contributed by atoms with E-state index in [-0.39, 0.29) is 0 Å². The molecule has 20 heavy (non-hydrogen) atoms. The molecule has 2 nitrogen and oxygen atoms in total. The fourth-order valence-electron chi connectivity index (χ4n) is 4.44. The molecule has 0 radical (unpaired) electrons. The molecule has 0 aromatic carbocycles. The third-order valence-electron chi connectivity index (χ3n) is 5.80. The third-order valence-corrected chi connectivity index (χ3v) is 5.80. The lowest BCUT2D eigenvalue weighted by Gasteiger charge is -2.46. The number of nitrogens with zero attached hydrogens (tertiary/aromatic N) is 1. The van der Waals surface area contributed by atoms with E-state index in [4.69, 9.17) is 0 Å². The van der Waals surface area contributed by atoms with Gasteiger partial charge in [0.05, 0.1) is 0 Å². The van der Waals surface area contributed by atoms with Crippen molar-refractivity contribution in [3.63, 3.8) is 0 Å². The van der Waals surface area contributed by atoms with Crippen LogP contribution in [0.25, 0.3) is 0 Å². The predicted molar refractivity (Wildman–Crippen MR) is 88.1 cm³/mol. The van der Waals surface area contributed by atoms with Gasteiger partial charge in [-0.25, -0.2) is 0 Å². The zero-order valence-corrected chi connectivity index (χ0v) is 14.2. The molecular weight excluding hydrogens is 244 g/mol. The monoisotopic (exact) mass is 280 g/mol. The highest BCUT2D eigenvalue weighted by atomic mass is 15.2. The standard InChI is InChI=1S/C18H36N2/c1-5-19-17-11-10-16(14(2)3)13-18(17)20-12-8-6-7-9-15(20)4/h14-19H,5-13H2,1-4H3. The van der Waals surface area contributed by atoms with Crippen molar-refractivity contribution < 1.29 is 0 Å². The number of nitrogens with one attached hydrogen (secondary N) is 1. The molecule has 1 saturated heterocycles. The Hall–Kier alpha value is -0.0800. The first-order valence-electron chi connectivity index (χ1n) is 9.12. The molecule has 1 heterocycles. The van der Waals surface area contributed by atoms with Gasteiger partial charge < -0.3 is 5.32 Å². The second-order valence-electron chi connectivity index (χ2n) is 7.48. The van der Waals surface area contributed by atoms with Crippen molar-refractivity contribution in [1.29, 1.82) is 0 Å². The first kappa shape index (κ1) is 16.3. The Morgan fingerprint density at radius 2 is 1.90 bits per heavy atom. The molecule has 1 N–H and O–H groups in total. The number of likely N-dealkylation sites (N-methyl/N-ethyl adjacent to an activating group) is 1. The maximum atomic E-state index is 3.79. The van der Waals surface area contributed by atoms with Crippen LogP contribution < -0.4 is 5.32 Å². The fraction of sp³-hybridized carbons (Fsp3) is 1.00. The minimum absolute atomic E-state index is 0.732. The average molecular weight is 280 g/mol. The van der Waals surface area contributed by atoms with Gasteiger partial charge in [0.2, 0.25) is 0 Å². The van der Waals surface area contributed by atoms with E-state index in [0.717, 1.165) is 36.5 Å². The topological polar surface area (TPSA) is 15.3 Å². The molecule has 1 aliphatic carbocycles. The van der Waals surface area contributed by atoms with Crippen LogP contribution in [0.15, 0.2) is 0 Å². The molecule has 0 spiro atoms. The highest BCUT2D eigenvalue weighted by Gasteiger charge is 2.36. The van der Waals surface area contributed by atoms with Crippen LogP contribution in [0.2, 0.25) is 0 Å². The highest BCUT2D eigenvalue weighted by Crippen LogP contribution is 2.35. The number of hydrogen-bond acceptors (Lipinski definition) is 2. The van der Waals surface area contributed by atoms with Gasteiger partial charge in [0, 0.05) is 18.1 Å². The van der Waals surface area contributed by atoms with E-state index in [0.29, 0.717) is 0 Å². The summed E-state index contributed by atoms with van der Waals surface area (Å²) >= 11 is 0. The smallest absolute Gasteiger partial charge is 0.0254 e. The third kappa shape index (κ3) is 3.98. The Labute approximate surface area is 126 Å². The summed E-state index contributed by atoms with van der Waals surface area (Å²) < 4.78 is 0. The molecular formula is C18H36N2. The number of likely N-dealkylation sites (tertiary alicyclic amines) is 1. The Balaban J connectivity index is 2.08. The summed E-state index contributed by atoms with van der Waals surface area (Å²) in [5.74, 6) is 1.78. The van der Waals surface area contributed by atoms with Crippen molar-refractivity contribution >= 4 is 0 Å². The number of rotatable bonds is 4. The largest absolute Gasteiger partial charge is 0.313 e. The van der Waals surface area contributed by atoms with E-state index < -0.39 is 0 Å². The molecule has 1 aliphatic heterocycles. The van der Waals surface area contributed by atoms with Crippen molar-refractivity contribution in [2.45, 2.75) is 90.8 Å². The quantitative estimate of drug-likeness (QED) is 0.835. The van der Waals surface area contributed by atoms with Crippen LogP contribution in [0.4, 0.5) is 0 Å². The molecule has 2 rings (SSSR count). The average Bonchev–Trinajstić information content (AvgIpc) is 2.64. The van der Waals surface area contributed by atoms with Crippen LogP contribution in [0.1, 0.15) is 72.6 Å². The van der Waals surface area contributed by atoms with E-state index >= 15 is 0 Å². The zero-order valence-electron chi connectivity index (χ0n) is 14.2. The van der Waals surface area contributed by atoms with Crippen molar-refractivity contribution in [2.24, 2.45) is 11.8 Å². The van der Waals surface area contributed by atoms with E-state index in [1.54, 1.807) is 0 Å². The van der Waals surface area contributed by atoms with Crippen LogP contribution in [0, 0.1) is 11.8 Å². The minimum atomic E-state index is 0.732. The summed E-state index contributed by atoms with van der Waals surface area (Å²) in [6.45, 7) is 12.0. The highest BCUT2D eigenvalue weighted by molar-refractivity contribution is 4.94. The molecule has 2 fully saturated rings. The van der Waals surface area contributed by atoms with Crippen LogP contribution >= 0.6 is 0 Å². The molecule has 4 unspecified atom stereocenters. The van der Waals surface area contributed by atoms with E-state index in [2.05, 4.69) is 37.9 Å². The molecule has 4 atom stereocenters.